The second kappa shape index (κ2) is 9.12. The highest BCUT2D eigenvalue weighted by atomic mass is 16.6. The lowest BCUT2D eigenvalue weighted by Gasteiger charge is -2.46. The maximum atomic E-state index is 14.3. The molecule has 2 aromatic rings. The minimum atomic E-state index is -1.35. The molecular formula is C32H36N2O5. The third-order valence-electron chi connectivity index (χ3n) is 9.99. The Morgan fingerprint density at radius 1 is 1.08 bits per heavy atom. The number of aromatic amines is 1. The Labute approximate surface area is 228 Å². The molecule has 0 unspecified atom stereocenters. The van der Waals surface area contributed by atoms with E-state index in [1.807, 2.05) is 49.5 Å². The molecule has 2 saturated heterocycles. The summed E-state index contributed by atoms with van der Waals surface area (Å²) in [7, 11) is 0. The Morgan fingerprint density at radius 2 is 1.85 bits per heavy atom. The summed E-state index contributed by atoms with van der Waals surface area (Å²) >= 11 is 0. The number of rotatable bonds is 2. The van der Waals surface area contributed by atoms with E-state index in [1.165, 1.54) is 0 Å². The van der Waals surface area contributed by atoms with E-state index in [1.54, 1.807) is 6.92 Å². The molecule has 8 atom stereocenters. The van der Waals surface area contributed by atoms with Gasteiger partial charge in [-0.05, 0) is 55.7 Å². The summed E-state index contributed by atoms with van der Waals surface area (Å²) in [4.78, 5) is 57.3. The number of epoxide rings is 1. The number of Topliss-reactive ketones (excluding diaryl/α,β-unsaturated/α-hetero) is 3. The van der Waals surface area contributed by atoms with Crippen molar-refractivity contribution in [2.45, 2.75) is 71.1 Å². The van der Waals surface area contributed by atoms with Gasteiger partial charge in [0, 0.05) is 47.8 Å². The Kier molecular flexibility index (Phi) is 6.06. The first-order valence-corrected chi connectivity index (χ1v) is 14.1. The quantitative estimate of drug-likeness (QED) is 0.262. The smallest absolute Gasteiger partial charge is 0.235 e. The Balaban J connectivity index is 1.44. The number of ketones is 3. The van der Waals surface area contributed by atoms with Gasteiger partial charge in [0.15, 0.2) is 0 Å². The number of amides is 1. The molecule has 0 bridgehead atoms. The number of aromatic nitrogens is 1. The molecule has 6 rings (SSSR count). The lowest BCUT2D eigenvalue weighted by atomic mass is 9.51. The highest BCUT2D eigenvalue weighted by molar-refractivity contribution is 6.43. The monoisotopic (exact) mass is 528 g/mol. The molecule has 1 amide bonds. The number of fused-ring (bicyclic) bond motifs is 3. The van der Waals surface area contributed by atoms with Gasteiger partial charge in [0.1, 0.15) is 11.2 Å². The fourth-order valence-corrected chi connectivity index (χ4v) is 7.84. The van der Waals surface area contributed by atoms with Gasteiger partial charge in [-0.2, -0.15) is 0 Å². The van der Waals surface area contributed by atoms with Crippen molar-refractivity contribution >= 4 is 34.2 Å². The fourth-order valence-electron chi connectivity index (χ4n) is 7.84. The average molecular weight is 529 g/mol. The highest BCUT2D eigenvalue weighted by Crippen LogP contribution is 2.66. The van der Waals surface area contributed by atoms with Gasteiger partial charge in [0.25, 0.3) is 0 Å². The van der Waals surface area contributed by atoms with Crippen LogP contribution in [0.1, 0.15) is 52.5 Å². The zero-order chi connectivity index (χ0) is 27.7. The van der Waals surface area contributed by atoms with Gasteiger partial charge in [-0.15, -0.1) is 0 Å². The summed E-state index contributed by atoms with van der Waals surface area (Å²) in [6.45, 7) is 7.83. The molecule has 7 heteroatoms. The molecule has 7 nitrogen and oxygen atoms in total. The SMILES string of the molecule is C/C1=C/[C@H](C)C/C=C/[C@@H]2[C@@H]3O[C@]3(C)[C@@H](C)[C@@H]3[C@H](Cc4c[nH]c5ccccc45)NC(=O)[C@@]32C(=O)CCC(=O)C1=O. The van der Waals surface area contributed by atoms with Gasteiger partial charge in [0.2, 0.25) is 17.5 Å². The zero-order valence-electron chi connectivity index (χ0n) is 23.0. The predicted octanol–water partition coefficient (Wildman–Crippen LogP) is 4.26. The van der Waals surface area contributed by atoms with E-state index < -0.39 is 28.5 Å². The summed E-state index contributed by atoms with van der Waals surface area (Å²) in [5.74, 6) is -2.47. The van der Waals surface area contributed by atoms with Crippen molar-refractivity contribution in [3.63, 3.8) is 0 Å². The van der Waals surface area contributed by atoms with Crippen molar-refractivity contribution in [3.05, 3.63) is 59.8 Å². The number of hydrogen-bond donors (Lipinski definition) is 2. The van der Waals surface area contributed by atoms with Gasteiger partial charge in [0.05, 0.1) is 11.7 Å². The largest absolute Gasteiger partial charge is 0.365 e. The normalized spacial score (nSPS) is 40.8. The van der Waals surface area contributed by atoms with Crippen molar-refractivity contribution in [2.24, 2.45) is 29.1 Å². The maximum Gasteiger partial charge on any atom is 0.235 e. The van der Waals surface area contributed by atoms with Gasteiger partial charge in [-0.25, -0.2) is 0 Å². The van der Waals surface area contributed by atoms with Crippen molar-refractivity contribution in [2.75, 3.05) is 0 Å². The number of para-hydroxylation sites is 1. The van der Waals surface area contributed by atoms with E-state index in [4.69, 9.17) is 4.74 Å². The molecule has 0 radical (unpaired) electrons. The minimum Gasteiger partial charge on any atom is -0.365 e. The molecule has 3 fully saturated rings. The van der Waals surface area contributed by atoms with Crippen molar-refractivity contribution in [3.8, 4) is 0 Å². The molecule has 2 aliphatic heterocycles. The van der Waals surface area contributed by atoms with E-state index in [0.717, 1.165) is 16.5 Å². The average Bonchev–Trinajstić information content (AvgIpc) is 3.31. The zero-order valence-corrected chi connectivity index (χ0v) is 23.0. The Morgan fingerprint density at radius 3 is 2.64 bits per heavy atom. The lowest BCUT2D eigenvalue weighted by molar-refractivity contribution is -0.149. The van der Waals surface area contributed by atoms with E-state index in [9.17, 15) is 19.2 Å². The first-order chi connectivity index (χ1) is 18.6. The number of allylic oxidation sites excluding steroid dienone is 3. The lowest BCUT2D eigenvalue weighted by Crippen LogP contribution is -2.58. The number of H-pyrrole nitrogens is 1. The van der Waals surface area contributed by atoms with Gasteiger partial charge < -0.3 is 15.0 Å². The molecule has 204 valence electrons. The number of hydrogen-bond acceptors (Lipinski definition) is 5. The van der Waals surface area contributed by atoms with Crippen LogP contribution in [0.4, 0.5) is 0 Å². The van der Waals surface area contributed by atoms with Gasteiger partial charge >= 0.3 is 0 Å². The van der Waals surface area contributed by atoms with Gasteiger partial charge in [-0.1, -0.05) is 50.3 Å². The van der Waals surface area contributed by atoms with Crippen LogP contribution in [0.25, 0.3) is 10.9 Å². The Bertz CT molecular complexity index is 1450. The van der Waals surface area contributed by atoms with Crippen LogP contribution in [0.2, 0.25) is 0 Å². The van der Waals surface area contributed by atoms with Crippen molar-refractivity contribution in [1.29, 1.82) is 0 Å². The van der Waals surface area contributed by atoms with Crippen LogP contribution in [0, 0.1) is 29.1 Å². The minimum absolute atomic E-state index is 0.0299. The molecule has 39 heavy (non-hydrogen) atoms. The number of nitrogens with one attached hydrogen (secondary N) is 2. The maximum absolute atomic E-state index is 14.3. The molecule has 1 aromatic carbocycles. The molecule has 2 N–H and O–H groups in total. The van der Waals surface area contributed by atoms with E-state index in [0.29, 0.717) is 18.4 Å². The second-order valence-corrected chi connectivity index (χ2v) is 12.2. The van der Waals surface area contributed by atoms with E-state index >= 15 is 0 Å². The summed E-state index contributed by atoms with van der Waals surface area (Å²) in [6, 6.07) is 7.79. The third kappa shape index (κ3) is 3.80. The summed E-state index contributed by atoms with van der Waals surface area (Å²) in [5, 5.41) is 4.34. The molecule has 4 aliphatic rings. The molecule has 1 spiro atoms. The van der Waals surface area contributed by atoms with Crippen LogP contribution in [-0.2, 0) is 30.3 Å². The van der Waals surface area contributed by atoms with Crippen LogP contribution < -0.4 is 5.32 Å². The highest BCUT2D eigenvalue weighted by Gasteiger charge is 2.78. The van der Waals surface area contributed by atoms with Crippen LogP contribution in [0.5, 0.6) is 0 Å². The molecule has 2 aliphatic carbocycles. The van der Waals surface area contributed by atoms with Crippen LogP contribution in [0.15, 0.2) is 54.3 Å². The number of benzene rings is 1. The third-order valence-corrected chi connectivity index (χ3v) is 9.99. The molecular weight excluding hydrogens is 492 g/mol. The first-order valence-electron chi connectivity index (χ1n) is 14.1. The summed E-state index contributed by atoms with van der Waals surface area (Å²) < 4.78 is 6.34. The topological polar surface area (TPSA) is 109 Å². The standard InChI is InChI=1S/C32H36N2O5/c1-17-8-7-10-22-29-31(4,39-29)19(3)27-24(15-20-16-33-23-11-6-5-9-21(20)23)34-30(38)32(22,27)26(36)13-12-25(35)28(37)18(2)14-17/h5-7,9-11,14,16-17,19,22,24,27,29,33H,8,12-13,15H2,1-4H3,(H,34,38)/b10-7+,18-14-/t17-,19+,22-,24+,27-,29+,31-,32+/m1/s1. The summed E-state index contributed by atoms with van der Waals surface area (Å²) in [6.07, 6.45) is 8.46. The van der Waals surface area contributed by atoms with Gasteiger partial charge in [-0.3, -0.25) is 19.2 Å². The van der Waals surface area contributed by atoms with Crippen LogP contribution in [-0.4, -0.2) is 46.0 Å². The first kappa shape index (κ1) is 25.9. The number of carbonyl (C=O) groups excluding carboxylic acids is 4. The van der Waals surface area contributed by atoms with Crippen LogP contribution in [0.3, 0.4) is 0 Å². The molecule has 1 aromatic heterocycles. The number of carbonyl (C=O) groups is 4. The van der Waals surface area contributed by atoms with Crippen LogP contribution >= 0.6 is 0 Å². The van der Waals surface area contributed by atoms with E-state index in [-0.39, 0.29) is 54.4 Å². The number of ether oxygens (including phenoxy) is 1. The second-order valence-electron chi connectivity index (χ2n) is 12.2. The van der Waals surface area contributed by atoms with Crippen molar-refractivity contribution in [1.82, 2.24) is 10.3 Å². The Hall–Kier alpha value is -3.32. The fraction of sp³-hybridized carbons (Fsp3) is 0.500. The van der Waals surface area contributed by atoms with E-state index in [2.05, 4.69) is 30.2 Å². The molecule has 3 heterocycles. The molecule has 1 saturated carbocycles. The van der Waals surface area contributed by atoms with Crippen molar-refractivity contribution < 1.29 is 23.9 Å². The predicted molar refractivity (Wildman–Crippen MR) is 147 cm³/mol. The summed E-state index contributed by atoms with van der Waals surface area (Å²) in [5.41, 5.74) is 0.739.